The number of allylic oxidation sites excluding steroid dienone is 1. The third kappa shape index (κ3) is 8.33. The Morgan fingerprint density at radius 1 is 1.12 bits per heavy atom. The van der Waals surface area contributed by atoms with Crippen molar-refractivity contribution in [3.05, 3.63) is 42.5 Å². The largest absolute Gasteiger partial charge is 0.475 e. The van der Waals surface area contributed by atoms with Crippen LogP contribution in [0, 0.1) is 17.8 Å². The second-order valence-corrected chi connectivity index (χ2v) is 20.1. The Morgan fingerprint density at radius 3 is 2.46 bits per heavy atom. The molecule has 2 saturated carbocycles. The molecule has 6 rings (SSSR count). The van der Waals surface area contributed by atoms with E-state index in [1.54, 1.807) is 27.7 Å². The van der Waals surface area contributed by atoms with Gasteiger partial charge in [0.05, 0.1) is 17.4 Å². The highest BCUT2D eigenvalue weighted by atomic mass is 32.2. The third-order valence-corrected chi connectivity index (χ3v) is 13.9. The molecule has 2 aromatic rings. The number of carbonyl (C=O) groups excluding carboxylic acids is 3. The first-order chi connectivity index (χ1) is 26.2. The summed E-state index contributed by atoms with van der Waals surface area (Å²) in [6.07, 6.45) is 4.57. The van der Waals surface area contributed by atoms with E-state index in [1.807, 2.05) is 63.3 Å². The van der Waals surface area contributed by atoms with Crippen LogP contribution in [0.3, 0.4) is 0 Å². The van der Waals surface area contributed by atoms with Crippen LogP contribution in [0.15, 0.2) is 42.5 Å². The Morgan fingerprint density at radius 2 is 1.82 bits per heavy atom. The van der Waals surface area contributed by atoms with E-state index >= 15 is 4.79 Å². The zero-order valence-electron chi connectivity index (χ0n) is 33.7. The molecular formula is C41H57N5O9S. The molecule has 15 heteroatoms. The van der Waals surface area contributed by atoms with Crippen LogP contribution in [0.2, 0.25) is 0 Å². The number of rotatable bonds is 8. The number of aromatic nitrogens is 1. The van der Waals surface area contributed by atoms with E-state index < -0.39 is 79.7 Å². The number of ether oxygens (including phenoxy) is 2. The monoisotopic (exact) mass is 795 g/mol. The summed E-state index contributed by atoms with van der Waals surface area (Å²) in [6.45, 7) is 14.4. The molecule has 0 bridgehead atoms. The van der Waals surface area contributed by atoms with Gasteiger partial charge in [0.2, 0.25) is 33.6 Å². The van der Waals surface area contributed by atoms with Gasteiger partial charge < -0.3 is 24.8 Å². The van der Waals surface area contributed by atoms with Gasteiger partial charge in [-0.15, -0.1) is 0 Å². The quantitative estimate of drug-likeness (QED) is 0.292. The molecule has 0 radical (unpaired) electrons. The standard InChI is InChI=1S/C41H57N5O9S/c1-24(2)54-32-20-27-14-10-12-16-30(27)35(42-32)55-29-21-31-34(47)43-41(37(49)44-56(52,53)40(8)17-18-40)22-28(41)15-11-9-13-25(3)19-26(4)33(36(48)45(31)23-29)46(38(50)51)39(5,6)7/h10-12,14-16,20,24-26,28-29,31,33H,9,13,17-19,21-23H2,1-8H3,(H,43,47)(H,44,49)(H,50,51)/t25-,26+,28+,29+,31-,33-,41+/m0/s1. The Balaban J connectivity index is 1.41. The van der Waals surface area contributed by atoms with E-state index in [-0.39, 0.29) is 37.3 Å². The molecule has 1 aromatic carbocycles. The van der Waals surface area contributed by atoms with Crippen molar-refractivity contribution in [1.82, 2.24) is 24.8 Å². The smallest absolute Gasteiger partial charge is 0.408 e. The van der Waals surface area contributed by atoms with Gasteiger partial charge in [0.25, 0.3) is 5.91 Å². The van der Waals surface area contributed by atoms with Gasteiger partial charge in [0.15, 0.2) is 0 Å². The van der Waals surface area contributed by atoms with Crippen molar-refractivity contribution >= 4 is 44.6 Å². The number of carboxylic acid groups (broad SMARTS) is 1. The van der Waals surface area contributed by atoms with Gasteiger partial charge in [-0.05, 0) is 103 Å². The zero-order valence-corrected chi connectivity index (χ0v) is 34.5. The van der Waals surface area contributed by atoms with Gasteiger partial charge in [-0.3, -0.25) is 24.0 Å². The molecule has 7 atom stereocenters. The number of hydrogen-bond acceptors (Lipinski definition) is 9. The number of nitrogens with one attached hydrogen (secondary N) is 2. The van der Waals surface area contributed by atoms with Crippen molar-refractivity contribution in [3.63, 3.8) is 0 Å². The summed E-state index contributed by atoms with van der Waals surface area (Å²) >= 11 is 0. The van der Waals surface area contributed by atoms with E-state index in [9.17, 15) is 27.9 Å². The molecule has 3 N–H and O–H groups in total. The van der Waals surface area contributed by atoms with Crippen LogP contribution in [-0.2, 0) is 24.4 Å². The number of pyridine rings is 1. The average molecular weight is 796 g/mol. The maximum atomic E-state index is 15.1. The second kappa shape index (κ2) is 15.2. The summed E-state index contributed by atoms with van der Waals surface area (Å²) in [5, 5.41) is 15.0. The highest BCUT2D eigenvalue weighted by Gasteiger charge is 2.63. The van der Waals surface area contributed by atoms with E-state index in [2.05, 4.69) is 21.9 Å². The molecule has 2 aliphatic carbocycles. The third-order valence-electron chi connectivity index (χ3n) is 11.7. The molecule has 0 unspecified atom stereocenters. The molecule has 56 heavy (non-hydrogen) atoms. The van der Waals surface area contributed by atoms with Crippen LogP contribution in [0.4, 0.5) is 4.79 Å². The van der Waals surface area contributed by atoms with Gasteiger partial charge in [-0.25, -0.2) is 13.2 Å². The first-order valence-corrected chi connectivity index (χ1v) is 21.3. The van der Waals surface area contributed by atoms with Crippen molar-refractivity contribution in [2.45, 2.75) is 140 Å². The maximum Gasteiger partial charge on any atom is 0.408 e. The Hall–Kier alpha value is -4.40. The topological polar surface area (TPSA) is 185 Å². The fourth-order valence-corrected chi connectivity index (χ4v) is 9.57. The van der Waals surface area contributed by atoms with Crippen molar-refractivity contribution < 1.29 is 42.2 Å². The van der Waals surface area contributed by atoms with Gasteiger partial charge in [-0.1, -0.05) is 44.2 Å². The number of fused-ring (bicyclic) bond motifs is 3. The van der Waals surface area contributed by atoms with Gasteiger partial charge >= 0.3 is 6.09 Å². The van der Waals surface area contributed by atoms with Crippen LogP contribution in [0.1, 0.15) is 100 Å². The number of benzene rings is 1. The molecule has 3 fully saturated rings. The van der Waals surface area contributed by atoms with Crippen LogP contribution < -0.4 is 19.5 Å². The van der Waals surface area contributed by atoms with Gasteiger partial charge in [0.1, 0.15) is 23.7 Å². The summed E-state index contributed by atoms with van der Waals surface area (Å²) in [5.41, 5.74) is -2.54. The minimum atomic E-state index is -4.02. The van der Waals surface area contributed by atoms with Crippen molar-refractivity contribution in [1.29, 1.82) is 0 Å². The maximum absolute atomic E-state index is 15.1. The molecule has 2 aliphatic heterocycles. The highest BCUT2D eigenvalue weighted by Crippen LogP contribution is 2.48. The van der Waals surface area contributed by atoms with Crippen LogP contribution >= 0.6 is 0 Å². The summed E-state index contributed by atoms with van der Waals surface area (Å²) in [5.74, 6) is -2.23. The second-order valence-electron chi connectivity index (χ2n) is 17.9. The lowest BCUT2D eigenvalue weighted by molar-refractivity contribution is -0.146. The summed E-state index contributed by atoms with van der Waals surface area (Å²) in [4.78, 5) is 64.0. The minimum Gasteiger partial charge on any atom is -0.475 e. The number of amides is 4. The number of hydrogen-bond donors (Lipinski definition) is 3. The summed E-state index contributed by atoms with van der Waals surface area (Å²) < 4.78 is 40.2. The van der Waals surface area contributed by atoms with Crippen molar-refractivity contribution in [3.8, 4) is 11.8 Å². The molecule has 1 aromatic heterocycles. The number of carbonyl (C=O) groups is 4. The fourth-order valence-electron chi connectivity index (χ4n) is 8.26. The molecule has 14 nitrogen and oxygen atoms in total. The summed E-state index contributed by atoms with van der Waals surface area (Å²) in [7, 11) is -4.02. The molecule has 4 aliphatic rings. The predicted octanol–water partition coefficient (Wildman–Crippen LogP) is 5.40. The van der Waals surface area contributed by atoms with E-state index in [0.29, 0.717) is 36.9 Å². The molecule has 0 spiro atoms. The number of sulfonamides is 1. The van der Waals surface area contributed by atoms with Crippen LogP contribution in [-0.4, -0.2) is 98.8 Å². The Labute approximate surface area is 329 Å². The first kappa shape index (κ1) is 41.2. The lowest BCUT2D eigenvalue weighted by Gasteiger charge is -2.43. The minimum absolute atomic E-state index is 0.00247. The molecule has 306 valence electrons. The lowest BCUT2D eigenvalue weighted by Crippen LogP contribution is -2.62. The Kier molecular flexibility index (Phi) is 11.2. The average Bonchev–Trinajstić information content (AvgIpc) is 3.97. The first-order valence-electron chi connectivity index (χ1n) is 19.8. The molecule has 3 heterocycles. The van der Waals surface area contributed by atoms with Crippen LogP contribution in [0.5, 0.6) is 11.8 Å². The summed E-state index contributed by atoms with van der Waals surface area (Å²) in [6, 6.07) is 6.97. The molecule has 4 amide bonds. The lowest BCUT2D eigenvalue weighted by atomic mass is 9.85. The fraction of sp³-hybridized carbons (Fsp3) is 0.634. The molecular weight excluding hydrogens is 739 g/mol. The molecule has 1 saturated heterocycles. The van der Waals surface area contributed by atoms with Gasteiger partial charge in [0, 0.05) is 29.3 Å². The van der Waals surface area contributed by atoms with E-state index in [1.165, 1.54) is 9.80 Å². The van der Waals surface area contributed by atoms with E-state index in [0.717, 1.165) is 11.8 Å². The van der Waals surface area contributed by atoms with Crippen LogP contribution in [0.25, 0.3) is 10.8 Å². The number of nitrogens with zero attached hydrogens (tertiary/aromatic N) is 3. The highest BCUT2D eigenvalue weighted by molar-refractivity contribution is 7.91. The Bertz CT molecular complexity index is 2010. The normalized spacial score (nSPS) is 29.3. The van der Waals surface area contributed by atoms with Crippen molar-refractivity contribution in [2.75, 3.05) is 6.54 Å². The van der Waals surface area contributed by atoms with Gasteiger partial charge in [-0.2, -0.15) is 4.98 Å². The predicted molar refractivity (Wildman–Crippen MR) is 210 cm³/mol. The SMILES string of the molecule is CC(C)Oc1cc2ccccc2c(O[C@@H]2C[C@H]3C(=O)N[C@]4(C(=O)NS(=O)(=O)C5(C)CC5)C[C@H]4C=CCC[C@H](C)C[C@@H](C)[C@H](N(C(=O)O)C(C)(C)C)C(=O)N3C2)n1. The van der Waals surface area contributed by atoms with Crippen molar-refractivity contribution in [2.24, 2.45) is 17.8 Å². The van der Waals surface area contributed by atoms with E-state index in [4.69, 9.17) is 9.47 Å². The zero-order chi connectivity index (χ0) is 41.0.